The second-order valence-electron chi connectivity index (χ2n) is 3.41. The van der Waals surface area contributed by atoms with E-state index in [-0.39, 0.29) is 24.8 Å². The second kappa shape index (κ2) is 19.5. The first kappa shape index (κ1) is 20.4. The molecular formula is C10H26Cl2NP. The van der Waals surface area contributed by atoms with Crippen molar-refractivity contribution in [3.63, 3.8) is 0 Å². The molecule has 90 valence electrons. The van der Waals surface area contributed by atoms with Crippen molar-refractivity contribution >= 4 is 34.1 Å². The van der Waals surface area contributed by atoms with Crippen LogP contribution in [0.15, 0.2) is 0 Å². The lowest BCUT2D eigenvalue weighted by atomic mass is 10.1. The average Bonchev–Trinajstić information content (AvgIpc) is 2.10. The Kier molecular flexibility index (Phi) is 28.4. The molecule has 0 saturated carbocycles. The summed E-state index contributed by atoms with van der Waals surface area (Å²) in [5, 5.41) is 0. The fourth-order valence-corrected chi connectivity index (χ4v) is 1.64. The molecule has 1 atom stereocenters. The molecule has 0 fully saturated rings. The van der Waals surface area contributed by atoms with Crippen molar-refractivity contribution in [2.45, 2.75) is 51.4 Å². The van der Waals surface area contributed by atoms with Gasteiger partial charge in [-0.3, -0.25) is 0 Å². The van der Waals surface area contributed by atoms with Crippen LogP contribution in [0, 0.1) is 0 Å². The van der Waals surface area contributed by atoms with Crippen LogP contribution in [-0.2, 0) is 0 Å². The molecule has 0 radical (unpaired) electrons. The monoisotopic (exact) mass is 261 g/mol. The van der Waals surface area contributed by atoms with Gasteiger partial charge in [-0.05, 0) is 25.5 Å². The lowest BCUT2D eigenvalue weighted by Crippen LogP contribution is -1.97. The van der Waals surface area contributed by atoms with Crippen molar-refractivity contribution in [2.75, 3.05) is 12.7 Å². The van der Waals surface area contributed by atoms with Crippen LogP contribution in [0.1, 0.15) is 51.4 Å². The maximum Gasteiger partial charge on any atom is -0.00773 e. The van der Waals surface area contributed by atoms with Crippen LogP contribution in [0.3, 0.4) is 0 Å². The Balaban J connectivity index is -0.000000605. The summed E-state index contributed by atoms with van der Waals surface area (Å²) in [6.45, 7) is 0.868. The molecule has 1 unspecified atom stereocenters. The summed E-state index contributed by atoms with van der Waals surface area (Å²) in [5.74, 6) is 0. The van der Waals surface area contributed by atoms with Crippen molar-refractivity contribution in [2.24, 2.45) is 5.73 Å². The molecule has 0 aromatic heterocycles. The maximum absolute atomic E-state index is 5.41. The summed E-state index contributed by atoms with van der Waals surface area (Å²) in [6, 6.07) is 0. The van der Waals surface area contributed by atoms with Gasteiger partial charge in [0.15, 0.2) is 0 Å². The summed E-state index contributed by atoms with van der Waals surface area (Å²) in [4.78, 5) is 0. The highest BCUT2D eigenvalue weighted by Crippen LogP contribution is 2.08. The van der Waals surface area contributed by atoms with Gasteiger partial charge in [-0.2, -0.15) is 0 Å². The highest BCUT2D eigenvalue weighted by Gasteiger charge is 1.90. The molecule has 0 aromatic carbocycles. The van der Waals surface area contributed by atoms with Crippen LogP contribution < -0.4 is 5.73 Å². The van der Waals surface area contributed by atoms with E-state index in [1.165, 1.54) is 57.5 Å². The van der Waals surface area contributed by atoms with Gasteiger partial charge in [0.05, 0.1) is 0 Å². The minimum absolute atomic E-state index is 0. The van der Waals surface area contributed by atoms with Gasteiger partial charge in [0.1, 0.15) is 0 Å². The summed E-state index contributed by atoms with van der Waals surface area (Å²) in [6.07, 6.45) is 12.3. The van der Waals surface area contributed by atoms with Crippen LogP contribution in [0.4, 0.5) is 0 Å². The van der Waals surface area contributed by atoms with E-state index in [0.717, 1.165) is 6.54 Å². The molecule has 2 N–H and O–H groups in total. The minimum atomic E-state index is 0. The Morgan fingerprint density at radius 2 is 1.00 bits per heavy atom. The summed E-state index contributed by atoms with van der Waals surface area (Å²) < 4.78 is 0. The van der Waals surface area contributed by atoms with Crippen molar-refractivity contribution < 1.29 is 0 Å². The van der Waals surface area contributed by atoms with Crippen LogP contribution in [0.5, 0.6) is 0 Å². The first-order chi connectivity index (χ1) is 5.91. The van der Waals surface area contributed by atoms with Gasteiger partial charge in [0.2, 0.25) is 0 Å². The predicted octanol–water partition coefficient (Wildman–Crippen LogP) is 3.78. The number of hydrogen-bond acceptors (Lipinski definition) is 1. The topological polar surface area (TPSA) is 26.0 Å². The smallest absolute Gasteiger partial charge is 0.00773 e. The Morgan fingerprint density at radius 3 is 1.36 bits per heavy atom. The number of nitrogens with two attached hydrogens (primary N) is 1. The quantitative estimate of drug-likeness (QED) is 0.496. The summed E-state index contributed by atoms with van der Waals surface area (Å²) in [7, 11) is 2.79. The predicted molar refractivity (Wildman–Crippen MR) is 75.1 cm³/mol. The Labute approximate surface area is 104 Å². The zero-order chi connectivity index (χ0) is 9.07. The lowest BCUT2D eigenvalue weighted by Gasteiger charge is -1.99. The van der Waals surface area contributed by atoms with Gasteiger partial charge >= 0.3 is 0 Å². The number of hydrogen-bond donors (Lipinski definition) is 1. The summed E-state index contributed by atoms with van der Waals surface area (Å²) >= 11 is 0. The van der Waals surface area contributed by atoms with Crippen LogP contribution in [0.25, 0.3) is 0 Å². The molecule has 0 amide bonds. The first-order valence-corrected chi connectivity index (χ1v) is 6.13. The van der Waals surface area contributed by atoms with Crippen LogP contribution in [-0.4, -0.2) is 12.7 Å². The molecule has 0 bridgehead atoms. The second-order valence-corrected chi connectivity index (χ2v) is 3.98. The molecule has 0 heterocycles. The fourth-order valence-electron chi connectivity index (χ4n) is 1.35. The average molecular weight is 262 g/mol. The molecule has 0 rings (SSSR count). The molecular weight excluding hydrogens is 236 g/mol. The molecule has 0 aliphatic rings. The van der Waals surface area contributed by atoms with E-state index >= 15 is 0 Å². The molecule has 0 aliphatic carbocycles. The standard InChI is InChI=1S/C10H24NP.2ClH/c11-9-7-5-3-1-2-4-6-8-10-12;;/h1-12H2;2*1H. The molecule has 0 aromatic rings. The number of rotatable bonds is 9. The lowest BCUT2D eigenvalue weighted by molar-refractivity contribution is 0.579. The van der Waals surface area contributed by atoms with E-state index in [4.69, 9.17) is 5.73 Å². The van der Waals surface area contributed by atoms with Crippen molar-refractivity contribution in [1.82, 2.24) is 0 Å². The zero-order valence-electron chi connectivity index (χ0n) is 9.04. The zero-order valence-corrected chi connectivity index (χ0v) is 11.8. The third kappa shape index (κ3) is 18.7. The van der Waals surface area contributed by atoms with Gasteiger partial charge in [0.25, 0.3) is 0 Å². The van der Waals surface area contributed by atoms with E-state index in [1.807, 2.05) is 0 Å². The van der Waals surface area contributed by atoms with E-state index in [9.17, 15) is 0 Å². The largest absolute Gasteiger partial charge is 0.330 e. The third-order valence-electron chi connectivity index (χ3n) is 2.16. The molecule has 4 heteroatoms. The van der Waals surface area contributed by atoms with Crippen LogP contribution in [0.2, 0.25) is 0 Å². The molecule has 0 spiro atoms. The minimum Gasteiger partial charge on any atom is -0.330 e. The van der Waals surface area contributed by atoms with E-state index in [2.05, 4.69) is 9.24 Å². The molecule has 1 nitrogen and oxygen atoms in total. The van der Waals surface area contributed by atoms with Crippen molar-refractivity contribution in [3.8, 4) is 0 Å². The van der Waals surface area contributed by atoms with E-state index in [0.29, 0.717) is 0 Å². The summed E-state index contributed by atoms with van der Waals surface area (Å²) in [5.41, 5.74) is 5.41. The highest BCUT2D eigenvalue weighted by molar-refractivity contribution is 7.16. The fraction of sp³-hybridized carbons (Fsp3) is 1.00. The van der Waals surface area contributed by atoms with E-state index in [1.54, 1.807) is 0 Å². The van der Waals surface area contributed by atoms with Gasteiger partial charge in [0, 0.05) is 0 Å². The highest BCUT2D eigenvalue weighted by atomic mass is 35.5. The maximum atomic E-state index is 5.41. The first-order valence-electron chi connectivity index (χ1n) is 5.32. The Hall–Kier alpha value is 0.970. The van der Waals surface area contributed by atoms with Crippen molar-refractivity contribution in [1.29, 1.82) is 0 Å². The van der Waals surface area contributed by atoms with Crippen LogP contribution >= 0.6 is 34.1 Å². The van der Waals surface area contributed by atoms with Gasteiger partial charge in [-0.25, -0.2) is 0 Å². The molecule has 0 aliphatic heterocycles. The van der Waals surface area contributed by atoms with Gasteiger partial charge in [-0.1, -0.05) is 38.5 Å². The molecule has 0 saturated heterocycles. The number of unbranched alkanes of at least 4 members (excludes halogenated alkanes) is 7. The van der Waals surface area contributed by atoms with Crippen molar-refractivity contribution in [3.05, 3.63) is 0 Å². The normalized spacial score (nSPS) is 9.00. The van der Waals surface area contributed by atoms with Gasteiger partial charge < -0.3 is 5.73 Å². The third-order valence-corrected chi connectivity index (χ3v) is 2.57. The Bertz CT molecular complexity index is 74.5. The SMILES string of the molecule is Cl.Cl.NCCCCCCCCCCP. The molecule has 14 heavy (non-hydrogen) atoms. The van der Waals surface area contributed by atoms with Gasteiger partial charge in [-0.15, -0.1) is 34.1 Å². The Morgan fingerprint density at radius 1 is 0.643 bits per heavy atom. The number of halogens is 2. The van der Waals surface area contributed by atoms with E-state index < -0.39 is 0 Å².